The van der Waals surface area contributed by atoms with Crippen LogP contribution in [0.4, 0.5) is 11.4 Å². The minimum Gasteiger partial charge on any atom is -0.297 e. The number of hydrogen-bond donors (Lipinski definition) is 1. The number of fused-ring (bicyclic) bond motifs is 1. The van der Waals surface area contributed by atoms with Crippen LogP contribution in [0.1, 0.15) is 22.0 Å². The summed E-state index contributed by atoms with van der Waals surface area (Å²) < 4.78 is 0. The number of ketones is 1. The van der Waals surface area contributed by atoms with Gasteiger partial charge in [-0.2, -0.15) is 11.3 Å². The molecule has 0 amide bonds. The Morgan fingerprint density at radius 3 is 2.50 bits per heavy atom. The number of rotatable bonds is 2. The molecule has 0 saturated heterocycles. The SMILES string of the molecule is O=C1c2ccccc2NN(c2ccccc2)C1c1ccsc1. The van der Waals surface area contributed by atoms with Crippen LogP contribution >= 0.6 is 11.3 Å². The van der Waals surface area contributed by atoms with Gasteiger partial charge in [-0.15, -0.1) is 0 Å². The van der Waals surface area contributed by atoms with Crippen LogP contribution in [-0.4, -0.2) is 5.78 Å². The third-order valence-electron chi connectivity index (χ3n) is 3.83. The summed E-state index contributed by atoms with van der Waals surface area (Å²) in [6.07, 6.45) is 0. The predicted octanol–water partition coefficient (Wildman–Crippen LogP) is 4.52. The van der Waals surface area contributed by atoms with Gasteiger partial charge in [0.05, 0.1) is 11.4 Å². The van der Waals surface area contributed by atoms with Crippen LogP contribution in [0.15, 0.2) is 71.4 Å². The van der Waals surface area contributed by atoms with Gasteiger partial charge < -0.3 is 0 Å². The summed E-state index contributed by atoms with van der Waals surface area (Å²) in [6.45, 7) is 0. The smallest absolute Gasteiger partial charge is 0.193 e. The highest BCUT2D eigenvalue weighted by atomic mass is 32.1. The van der Waals surface area contributed by atoms with E-state index in [1.165, 1.54) is 0 Å². The van der Waals surface area contributed by atoms with Gasteiger partial charge in [0.15, 0.2) is 5.78 Å². The molecule has 1 aliphatic rings. The highest BCUT2D eigenvalue weighted by Gasteiger charge is 2.35. The summed E-state index contributed by atoms with van der Waals surface area (Å²) >= 11 is 1.61. The molecule has 108 valence electrons. The molecule has 0 fully saturated rings. The fourth-order valence-corrected chi connectivity index (χ4v) is 3.47. The number of para-hydroxylation sites is 2. The number of thiophene rings is 1. The molecule has 2 heterocycles. The standard InChI is InChI=1S/C18H14N2OS/c21-18-15-8-4-5-9-16(15)19-20(14-6-2-1-3-7-14)17(18)13-10-11-22-12-13/h1-12,17,19H. The second-order valence-electron chi connectivity index (χ2n) is 5.19. The summed E-state index contributed by atoms with van der Waals surface area (Å²) in [5, 5.41) is 5.99. The molecular weight excluding hydrogens is 292 g/mol. The maximum atomic E-state index is 13.0. The van der Waals surface area contributed by atoms with Crippen LogP contribution in [0, 0.1) is 0 Å². The normalized spacial score (nSPS) is 17.0. The molecule has 3 aromatic rings. The van der Waals surface area contributed by atoms with E-state index in [4.69, 9.17) is 0 Å². The Labute approximate surface area is 132 Å². The van der Waals surface area contributed by atoms with Gasteiger partial charge >= 0.3 is 0 Å². The van der Waals surface area contributed by atoms with Gasteiger partial charge in [0.25, 0.3) is 0 Å². The van der Waals surface area contributed by atoms with Crippen LogP contribution in [0.5, 0.6) is 0 Å². The van der Waals surface area contributed by atoms with Crippen LogP contribution in [0.3, 0.4) is 0 Å². The number of hydrazine groups is 1. The fourth-order valence-electron chi connectivity index (χ4n) is 2.79. The van der Waals surface area contributed by atoms with Crippen molar-refractivity contribution in [1.29, 1.82) is 0 Å². The lowest BCUT2D eigenvalue weighted by Gasteiger charge is -2.38. The first kappa shape index (κ1) is 13.1. The van der Waals surface area contributed by atoms with Crippen molar-refractivity contribution in [2.24, 2.45) is 0 Å². The number of nitrogens with one attached hydrogen (secondary N) is 1. The highest BCUT2D eigenvalue weighted by molar-refractivity contribution is 7.08. The number of benzene rings is 2. The van der Waals surface area contributed by atoms with Crippen LogP contribution in [0.2, 0.25) is 0 Å². The largest absolute Gasteiger partial charge is 0.297 e. The lowest BCUT2D eigenvalue weighted by atomic mass is 9.95. The Kier molecular flexibility index (Phi) is 3.16. The van der Waals surface area contributed by atoms with Crippen LogP contribution in [0.25, 0.3) is 0 Å². The third-order valence-corrected chi connectivity index (χ3v) is 4.53. The van der Waals surface area contributed by atoms with Crippen LogP contribution < -0.4 is 10.4 Å². The van der Waals surface area contributed by atoms with Crippen molar-refractivity contribution in [2.75, 3.05) is 10.4 Å². The topological polar surface area (TPSA) is 32.3 Å². The van der Waals surface area contributed by atoms with Crippen LogP contribution in [-0.2, 0) is 0 Å². The number of anilines is 2. The molecule has 0 spiro atoms. The average molecular weight is 306 g/mol. The zero-order valence-corrected chi connectivity index (χ0v) is 12.6. The molecule has 4 heteroatoms. The molecule has 2 aromatic carbocycles. The van der Waals surface area contributed by atoms with E-state index in [-0.39, 0.29) is 11.8 Å². The van der Waals surface area contributed by atoms with Gasteiger partial charge in [-0.05, 0) is 46.7 Å². The molecule has 4 rings (SSSR count). The third kappa shape index (κ3) is 2.09. The highest BCUT2D eigenvalue weighted by Crippen LogP contribution is 2.37. The lowest BCUT2D eigenvalue weighted by Crippen LogP contribution is -2.42. The summed E-state index contributed by atoms with van der Waals surface area (Å²) in [5.74, 6) is 0.122. The Balaban J connectivity index is 1.86. The van der Waals surface area contributed by atoms with Gasteiger partial charge in [-0.25, -0.2) is 0 Å². The monoisotopic (exact) mass is 306 g/mol. The zero-order chi connectivity index (χ0) is 14.9. The number of nitrogens with zero attached hydrogens (tertiary/aromatic N) is 1. The second kappa shape index (κ2) is 5.31. The number of carbonyl (C=O) groups excluding carboxylic acids is 1. The summed E-state index contributed by atoms with van der Waals surface area (Å²) in [4.78, 5) is 13.0. The maximum absolute atomic E-state index is 13.0. The molecule has 22 heavy (non-hydrogen) atoms. The molecule has 1 atom stereocenters. The summed E-state index contributed by atoms with van der Waals surface area (Å²) in [5.41, 5.74) is 6.98. The lowest BCUT2D eigenvalue weighted by molar-refractivity contribution is 0.0955. The predicted molar refractivity (Wildman–Crippen MR) is 90.4 cm³/mol. The quantitative estimate of drug-likeness (QED) is 0.755. The molecule has 0 aliphatic carbocycles. The molecule has 3 nitrogen and oxygen atoms in total. The molecular formula is C18H14N2OS. The molecule has 1 N–H and O–H groups in total. The van der Waals surface area contributed by atoms with Gasteiger partial charge in [0, 0.05) is 5.56 Å². The molecule has 1 unspecified atom stereocenters. The summed E-state index contributed by atoms with van der Waals surface area (Å²) in [7, 11) is 0. The first-order chi connectivity index (χ1) is 10.8. The van der Waals surface area contributed by atoms with Gasteiger partial charge in [-0.1, -0.05) is 30.3 Å². The summed E-state index contributed by atoms with van der Waals surface area (Å²) in [6, 6.07) is 19.3. The van der Waals surface area contributed by atoms with E-state index in [0.29, 0.717) is 0 Å². The van der Waals surface area contributed by atoms with E-state index in [2.05, 4.69) is 5.43 Å². The van der Waals surface area contributed by atoms with Gasteiger partial charge in [-0.3, -0.25) is 15.2 Å². The van der Waals surface area contributed by atoms with E-state index >= 15 is 0 Å². The molecule has 0 saturated carbocycles. The van der Waals surface area contributed by atoms with E-state index < -0.39 is 0 Å². The maximum Gasteiger partial charge on any atom is 0.193 e. The van der Waals surface area contributed by atoms with E-state index in [1.807, 2.05) is 76.4 Å². The van der Waals surface area contributed by atoms with Crippen molar-refractivity contribution in [3.63, 3.8) is 0 Å². The number of hydrogen-bond acceptors (Lipinski definition) is 4. The van der Waals surface area contributed by atoms with Gasteiger partial charge in [0.1, 0.15) is 6.04 Å². The second-order valence-corrected chi connectivity index (χ2v) is 5.97. The van der Waals surface area contributed by atoms with Crippen molar-refractivity contribution in [2.45, 2.75) is 6.04 Å². The minimum atomic E-state index is -0.344. The van der Waals surface area contributed by atoms with Crippen molar-refractivity contribution in [3.8, 4) is 0 Å². The molecule has 0 radical (unpaired) electrons. The van der Waals surface area contributed by atoms with Crippen molar-refractivity contribution in [1.82, 2.24) is 0 Å². The first-order valence-corrected chi connectivity index (χ1v) is 8.05. The minimum absolute atomic E-state index is 0.122. The molecule has 1 aliphatic heterocycles. The number of carbonyl (C=O) groups is 1. The van der Waals surface area contributed by atoms with E-state index in [0.717, 1.165) is 22.5 Å². The van der Waals surface area contributed by atoms with Crippen molar-refractivity contribution >= 4 is 28.5 Å². The first-order valence-electron chi connectivity index (χ1n) is 7.11. The van der Waals surface area contributed by atoms with E-state index in [9.17, 15) is 4.79 Å². The molecule has 1 aromatic heterocycles. The average Bonchev–Trinajstić information content (AvgIpc) is 3.10. The van der Waals surface area contributed by atoms with E-state index in [1.54, 1.807) is 11.3 Å². The Hall–Kier alpha value is -2.59. The van der Waals surface area contributed by atoms with Gasteiger partial charge in [0.2, 0.25) is 0 Å². The Bertz CT molecular complexity index is 799. The van der Waals surface area contributed by atoms with Crippen molar-refractivity contribution < 1.29 is 4.79 Å². The zero-order valence-electron chi connectivity index (χ0n) is 11.8. The number of Topliss-reactive ketones (excluding diaryl/α,β-unsaturated/α-hetero) is 1. The Morgan fingerprint density at radius 2 is 1.73 bits per heavy atom. The fraction of sp³-hybridized carbons (Fsp3) is 0.0556. The Morgan fingerprint density at radius 1 is 0.955 bits per heavy atom. The molecule has 0 bridgehead atoms. The van der Waals surface area contributed by atoms with Crippen molar-refractivity contribution in [3.05, 3.63) is 82.6 Å².